The number of piperidine rings is 1. The molecular weight excluding hydrogens is 497 g/mol. The van der Waals surface area contributed by atoms with Gasteiger partial charge in [0.25, 0.3) is 0 Å². The number of aliphatic imine (C=N–C) groups is 1. The summed E-state index contributed by atoms with van der Waals surface area (Å²) in [7, 11) is 1.69. The Balaban J connectivity index is 0.00000300. The van der Waals surface area contributed by atoms with Crippen molar-refractivity contribution in [1.82, 2.24) is 15.5 Å². The maximum absolute atomic E-state index is 12.8. The zero-order valence-corrected chi connectivity index (χ0v) is 19.1. The van der Waals surface area contributed by atoms with E-state index in [1.807, 2.05) is 0 Å². The Hall–Kier alpha value is -1.56. The number of guanidine groups is 1. The number of fused-ring (bicyclic) bond motifs is 1. The van der Waals surface area contributed by atoms with Gasteiger partial charge < -0.3 is 29.7 Å². The van der Waals surface area contributed by atoms with Gasteiger partial charge in [0.05, 0.1) is 0 Å². The van der Waals surface area contributed by atoms with E-state index in [1.54, 1.807) is 13.1 Å². The Morgan fingerprint density at radius 3 is 2.76 bits per heavy atom. The summed E-state index contributed by atoms with van der Waals surface area (Å²) in [6, 6.07) is 3.09. The van der Waals surface area contributed by atoms with Crippen molar-refractivity contribution in [2.45, 2.75) is 32.9 Å². The van der Waals surface area contributed by atoms with Crippen LogP contribution < -0.4 is 24.8 Å². The lowest BCUT2D eigenvalue weighted by Gasteiger charge is -2.32. The average molecular weight is 526 g/mol. The first-order valence-electron chi connectivity index (χ1n) is 9.63. The molecule has 0 saturated carbocycles. The summed E-state index contributed by atoms with van der Waals surface area (Å²) in [6.07, 6.45) is 2.40. The molecule has 0 spiro atoms. The molecule has 1 aromatic rings. The van der Waals surface area contributed by atoms with Gasteiger partial charge in [-0.05, 0) is 37.9 Å². The molecule has 2 aliphatic heterocycles. The van der Waals surface area contributed by atoms with Gasteiger partial charge >= 0.3 is 6.61 Å². The van der Waals surface area contributed by atoms with Crippen LogP contribution in [0, 0.1) is 5.92 Å². The van der Waals surface area contributed by atoms with E-state index < -0.39 is 6.61 Å². The highest BCUT2D eigenvalue weighted by molar-refractivity contribution is 14.0. The van der Waals surface area contributed by atoms with Crippen LogP contribution in [0.3, 0.4) is 0 Å². The fourth-order valence-electron chi connectivity index (χ4n) is 3.55. The number of hydrogen-bond donors (Lipinski definition) is 2. The van der Waals surface area contributed by atoms with Gasteiger partial charge in [-0.3, -0.25) is 4.99 Å². The number of halogens is 3. The SMILES string of the molecule is CCN1CCCC(CNC(=NC)NCc2cc3c(cc2OC(F)F)OCO3)C1.I. The molecule has 7 nitrogen and oxygen atoms in total. The predicted molar refractivity (Wildman–Crippen MR) is 118 cm³/mol. The molecule has 0 radical (unpaired) electrons. The molecule has 10 heteroatoms. The van der Waals surface area contributed by atoms with Crippen LogP contribution in [0.5, 0.6) is 17.2 Å². The van der Waals surface area contributed by atoms with Gasteiger partial charge in [-0.2, -0.15) is 8.78 Å². The molecule has 0 aliphatic carbocycles. The highest BCUT2D eigenvalue weighted by Gasteiger charge is 2.21. The van der Waals surface area contributed by atoms with Gasteiger partial charge in [-0.15, -0.1) is 24.0 Å². The van der Waals surface area contributed by atoms with Crippen LogP contribution in [0.4, 0.5) is 8.78 Å². The van der Waals surface area contributed by atoms with E-state index in [4.69, 9.17) is 9.47 Å². The van der Waals surface area contributed by atoms with Gasteiger partial charge in [-0.1, -0.05) is 6.92 Å². The quantitative estimate of drug-likeness (QED) is 0.324. The van der Waals surface area contributed by atoms with Gasteiger partial charge in [0.15, 0.2) is 17.5 Å². The van der Waals surface area contributed by atoms with Gasteiger partial charge in [0.1, 0.15) is 5.75 Å². The molecule has 1 aromatic carbocycles. The van der Waals surface area contributed by atoms with E-state index in [0.717, 1.165) is 26.2 Å². The zero-order valence-electron chi connectivity index (χ0n) is 16.7. The van der Waals surface area contributed by atoms with Crippen molar-refractivity contribution in [3.8, 4) is 17.2 Å². The molecule has 29 heavy (non-hydrogen) atoms. The molecule has 0 bridgehead atoms. The molecule has 3 rings (SSSR count). The van der Waals surface area contributed by atoms with Crippen LogP contribution in [0.2, 0.25) is 0 Å². The van der Waals surface area contributed by atoms with Crippen molar-refractivity contribution in [2.75, 3.05) is 40.0 Å². The second kappa shape index (κ2) is 11.6. The Morgan fingerprint density at radius 1 is 1.31 bits per heavy atom. The topological polar surface area (TPSA) is 67.4 Å². The number of likely N-dealkylation sites (tertiary alicyclic amines) is 1. The number of benzene rings is 1. The number of rotatable bonds is 7. The lowest BCUT2D eigenvalue weighted by atomic mass is 9.98. The van der Waals surface area contributed by atoms with Crippen molar-refractivity contribution >= 4 is 29.9 Å². The molecule has 0 amide bonds. The van der Waals surface area contributed by atoms with Crippen molar-refractivity contribution in [1.29, 1.82) is 0 Å². The van der Waals surface area contributed by atoms with Gasteiger partial charge in [-0.25, -0.2) is 0 Å². The minimum Gasteiger partial charge on any atom is -0.454 e. The minimum atomic E-state index is -2.91. The lowest BCUT2D eigenvalue weighted by Crippen LogP contribution is -2.44. The summed E-state index contributed by atoms with van der Waals surface area (Å²) in [5, 5.41) is 6.49. The van der Waals surface area contributed by atoms with E-state index in [2.05, 4.69) is 32.2 Å². The molecule has 1 unspecified atom stereocenters. The second-order valence-corrected chi connectivity index (χ2v) is 6.90. The third-order valence-electron chi connectivity index (χ3n) is 5.05. The first-order valence-corrected chi connectivity index (χ1v) is 9.63. The van der Waals surface area contributed by atoms with Crippen LogP contribution in [0.25, 0.3) is 0 Å². The maximum Gasteiger partial charge on any atom is 0.387 e. The van der Waals surface area contributed by atoms with Crippen molar-refractivity contribution in [3.05, 3.63) is 17.7 Å². The third-order valence-corrected chi connectivity index (χ3v) is 5.05. The summed E-state index contributed by atoms with van der Waals surface area (Å²) in [5.41, 5.74) is 0.544. The molecule has 2 N–H and O–H groups in total. The monoisotopic (exact) mass is 526 g/mol. The predicted octanol–water partition coefficient (Wildman–Crippen LogP) is 3.03. The Labute approximate surface area is 187 Å². The van der Waals surface area contributed by atoms with Crippen LogP contribution in [-0.2, 0) is 6.54 Å². The van der Waals surface area contributed by atoms with Crippen molar-refractivity contribution in [3.63, 3.8) is 0 Å². The molecule has 1 atom stereocenters. The van der Waals surface area contributed by atoms with E-state index in [9.17, 15) is 8.78 Å². The summed E-state index contributed by atoms with van der Waals surface area (Å²) in [5.74, 6) is 2.17. The lowest BCUT2D eigenvalue weighted by molar-refractivity contribution is -0.0505. The third kappa shape index (κ3) is 6.73. The van der Waals surface area contributed by atoms with Crippen molar-refractivity contribution in [2.24, 2.45) is 10.9 Å². The summed E-state index contributed by atoms with van der Waals surface area (Å²) < 4.78 is 40.7. The fourth-order valence-corrected chi connectivity index (χ4v) is 3.55. The first-order chi connectivity index (χ1) is 13.6. The number of ether oxygens (including phenoxy) is 3. The van der Waals surface area contributed by atoms with E-state index in [1.165, 1.54) is 18.9 Å². The number of alkyl halides is 2. The van der Waals surface area contributed by atoms with Gasteiger partial charge in [0, 0.05) is 38.3 Å². The first kappa shape index (κ1) is 23.7. The summed E-state index contributed by atoms with van der Waals surface area (Å²) in [4.78, 5) is 6.68. The average Bonchev–Trinajstić information content (AvgIpc) is 3.15. The molecule has 164 valence electrons. The Morgan fingerprint density at radius 2 is 2.07 bits per heavy atom. The largest absolute Gasteiger partial charge is 0.454 e. The van der Waals surface area contributed by atoms with Crippen LogP contribution in [0.15, 0.2) is 17.1 Å². The molecule has 1 fully saturated rings. The normalized spacial score (nSPS) is 19.1. The van der Waals surface area contributed by atoms with Gasteiger partial charge in [0.2, 0.25) is 6.79 Å². The summed E-state index contributed by atoms with van der Waals surface area (Å²) in [6.45, 7) is 3.73. The smallest absolute Gasteiger partial charge is 0.387 e. The number of hydrogen-bond acceptors (Lipinski definition) is 5. The standard InChI is InChI=1S/C19H28F2N4O3.HI/c1-3-25-6-4-5-13(11-25)9-23-19(22-2)24-10-14-7-16-17(27-12-26-16)8-15(14)28-18(20)21;/h7-8,13,18H,3-6,9-12H2,1-2H3,(H2,22,23,24);1H. The second-order valence-electron chi connectivity index (χ2n) is 6.90. The van der Waals surface area contributed by atoms with Crippen LogP contribution in [0.1, 0.15) is 25.3 Å². The molecular formula is C19H29F2IN4O3. The number of nitrogens with one attached hydrogen (secondary N) is 2. The maximum atomic E-state index is 12.8. The fraction of sp³-hybridized carbons (Fsp3) is 0.632. The molecule has 2 heterocycles. The van der Waals surface area contributed by atoms with Crippen molar-refractivity contribution < 1.29 is 23.0 Å². The minimum absolute atomic E-state index is 0. The van der Waals surface area contributed by atoms with Crippen LogP contribution >= 0.6 is 24.0 Å². The van der Waals surface area contributed by atoms with E-state index >= 15 is 0 Å². The molecule has 0 aromatic heterocycles. The molecule has 1 saturated heterocycles. The molecule has 2 aliphatic rings. The van der Waals surface area contributed by atoms with Crippen LogP contribution in [-0.4, -0.2) is 57.5 Å². The Kier molecular flexibility index (Phi) is 9.47. The zero-order chi connectivity index (χ0) is 19.9. The highest BCUT2D eigenvalue weighted by Crippen LogP contribution is 2.38. The number of nitrogens with zero attached hydrogens (tertiary/aromatic N) is 2. The van der Waals surface area contributed by atoms with E-state index in [0.29, 0.717) is 28.9 Å². The Bertz CT molecular complexity index is 694. The highest BCUT2D eigenvalue weighted by atomic mass is 127. The summed E-state index contributed by atoms with van der Waals surface area (Å²) >= 11 is 0. The van der Waals surface area contributed by atoms with E-state index in [-0.39, 0.29) is 43.1 Å².